The van der Waals surface area contributed by atoms with Crippen molar-refractivity contribution in [2.45, 2.75) is 70.9 Å². The van der Waals surface area contributed by atoms with E-state index in [4.69, 9.17) is 0 Å². The standard InChI is InChI=1S/C32H41N3O4S/c1-5-8-21-33-32(37)30(7-3)34(23-27-14-12-13-25(4)22-27)31(36)24-35(28-19-17-26(6-2)18-20-28)40(38,39)29-15-10-9-11-16-29/h9-20,22,30H,5-8,21,23-24H2,1-4H3,(H,33,37)/t30-/m0/s1. The molecule has 0 bridgehead atoms. The van der Waals surface area contributed by atoms with Crippen molar-refractivity contribution in [3.63, 3.8) is 0 Å². The largest absolute Gasteiger partial charge is 0.354 e. The molecule has 8 heteroatoms. The van der Waals surface area contributed by atoms with Gasteiger partial charge in [-0.25, -0.2) is 8.42 Å². The maximum Gasteiger partial charge on any atom is 0.264 e. The summed E-state index contributed by atoms with van der Waals surface area (Å²) >= 11 is 0. The van der Waals surface area contributed by atoms with Crippen LogP contribution in [0.1, 0.15) is 56.7 Å². The van der Waals surface area contributed by atoms with Gasteiger partial charge in [0.2, 0.25) is 11.8 Å². The highest BCUT2D eigenvalue weighted by molar-refractivity contribution is 7.92. The van der Waals surface area contributed by atoms with Crippen LogP contribution < -0.4 is 9.62 Å². The summed E-state index contributed by atoms with van der Waals surface area (Å²) in [4.78, 5) is 29.0. The Balaban J connectivity index is 2.02. The average Bonchev–Trinajstić information content (AvgIpc) is 2.96. The van der Waals surface area contributed by atoms with E-state index in [0.717, 1.165) is 40.3 Å². The zero-order chi connectivity index (χ0) is 29.1. The summed E-state index contributed by atoms with van der Waals surface area (Å²) in [6.07, 6.45) is 2.98. The minimum atomic E-state index is -4.07. The summed E-state index contributed by atoms with van der Waals surface area (Å²) < 4.78 is 28.9. The minimum Gasteiger partial charge on any atom is -0.354 e. The number of rotatable bonds is 14. The second kappa shape index (κ2) is 14.7. The predicted molar refractivity (Wildman–Crippen MR) is 161 cm³/mol. The van der Waals surface area contributed by atoms with E-state index in [-0.39, 0.29) is 17.3 Å². The lowest BCUT2D eigenvalue weighted by Gasteiger charge is -2.33. The molecule has 0 aromatic heterocycles. The molecule has 0 unspecified atom stereocenters. The van der Waals surface area contributed by atoms with Gasteiger partial charge >= 0.3 is 0 Å². The van der Waals surface area contributed by atoms with Gasteiger partial charge in [0.25, 0.3) is 10.0 Å². The summed E-state index contributed by atoms with van der Waals surface area (Å²) in [5.41, 5.74) is 3.36. The van der Waals surface area contributed by atoms with Crippen LogP contribution in [-0.4, -0.2) is 44.3 Å². The molecular weight excluding hydrogens is 522 g/mol. The molecule has 0 saturated heterocycles. The summed E-state index contributed by atoms with van der Waals surface area (Å²) in [5, 5.41) is 2.96. The molecular formula is C32H41N3O4S. The van der Waals surface area contributed by atoms with Crippen LogP contribution in [0.4, 0.5) is 5.69 Å². The number of nitrogens with one attached hydrogen (secondary N) is 1. The van der Waals surface area contributed by atoms with Gasteiger partial charge in [-0.3, -0.25) is 13.9 Å². The zero-order valence-corrected chi connectivity index (χ0v) is 24.8. The number of anilines is 1. The Morgan fingerprint density at radius 2 is 1.57 bits per heavy atom. The second-order valence-corrected chi connectivity index (χ2v) is 11.8. The summed E-state index contributed by atoms with van der Waals surface area (Å²) in [6.45, 7) is 8.18. The first-order chi connectivity index (χ1) is 19.2. The van der Waals surface area contributed by atoms with Crippen LogP contribution in [0, 0.1) is 6.92 Å². The van der Waals surface area contributed by atoms with Crippen LogP contribution in [0.3, 0.4) is 0 Å². The van der Waals surface area contributed by atoms with Gasteiger partial charge in [0.15, 0.2) is 0 Å². The Labute approximate surface area is 239 Å². The number of amides is 2. The molecule has 0 spiro atoms. The lowest BCUT2D eigenvalue weighted by molar-refractivity contribution is -0.140. The lowest BCUT2D eigenvalue weighted by atomic mass is 10.1. The average molecular weight is 564 g/mol. The second-order valence-electron chi connectivity index (χ2n) is 9.92. The van der Waals surface area contributed by atoms with Crippen molar-refractivity contribution in [3.8, 4) is 0 Å². The third-order valence-electron chi connectivity index (χ3n) is 6.89. The SMILES string of the molecule is CCCCNC(=O)[C@H](CC)N(Cc1cccc(C)c1)C(=O)CN(c1ccc(CC)cc1)S(=O)(=O)c1ccccc1. The monoisotopic (exact) mass is 563 g/mol. The van der Waals surface area contributed by atoms with Crippen LogP contribution in [0.25, 0.3) is 0 Å². The van der Waals surface area contributed by atoms with Crippen LogP contribution >= 0.6 is 0 Å². The fraction of sp³-hybridized carbons (Fsp3) is 0.375. The number of hydrogen-bond acceptors (Lipinski definition) is 4. The molecule has 1 atom stereocenters. The van der Waals surface area contributed by atoms with Crippen molar-refractivity contribution >= 4 is 27.5 Å². The molecule has 0 saturated carbocycles. The van der Waals surface area contributed by atoms with Gasteiger partial charge in [-0.15, -0.1) is 0 Å². The molecule has 0 heterocycles. The van der Waals surface area contributed by atoms with Gasteiger partial charge in [-0.2, -0.15) is 0 Å². The highest BCUT2D eigenvalue weighted by atomic mass is 32.2. The molecule has 0 aliphatic heterocycles. The van der Waals surface area contributed by atoms with Crippen molar-refractivity contribution in [2.75, 3.05) is 17.4 Å². The molecule has 0 aliphatic rings. The minimum absolute atomic E-state index is 0.0944. The zero-order valence-electron chi connectivity index (χ0n) is 24.0. The van der Waals surface area contributed by atoms with E-state index in [1.54, 1.807) is 30.3 Å². The Morgan fingerprint density at radius 3 is 2.17 bits per heavy atom. The third-order valence-corrected chi connectivity index (χ3v) is 8.68. The molecule has 3 rings (SSSR count). The Hall–Kier alpha value is -3.65. The molecule has 2 amide bonds. The summed E-state index contributed by atoms with van der Waals surface area (Å²) in [6, 6.07) is 22.3. The van der Waals surface area contributed by atoms with Crippen molar-refractivity contribution < 1.29 is 18.0 Å². The van der Waals surface area contributed by atoms with Gasteiger partial charge in [0.05, 0.1) is 10.6 Å². The van der Waals surface area contributed by atoms with Gasteiger partial charge in [0.1, 0.15) is 12.6 Å². The van der Waals surface area contributed by atoms with Crippen molar-refractivity contribution in [2.24, 2.45) is 0 Å². The molecule has 3 aromatic carbocycles. The number of aryl methyl sites for hydroxylation is 2. The van der Waals surface area contributed by atoms with Gasteiger partial charge < -0.3 is 10.2 Å². The smallest absolute Gasteiger partial charge is 0.264 e. The number of benzene rings is 3. The molecule has 1 N–H and O–H groups in total. The Morgan fingerprint density at radius 1 is 0.875 bits per heavy atom. The van der Waals surface area contributed by atoms with Gasteiger partial charge in [-0.05, 0) is 61.6 Å². The molecule has 0 aliphatic carbocycles. The van der Waals surface area contributed by atoms with Crippen LogP contribution in [0.5, 0.6) is 0 Å². The normalized spacial score (nSPS) is 12.0. The number of carbonyl (C=O) groups is 2. The van der Waals surface area contributed by atoms with E-state index in [1.807, 2.05) is 64.1 Å². The summed E-state index contributed by atoms with van der Waals surface area (Å²) in [5.74, 6) is -0.681. The van der Waals surface area contributed by atoms with E-state index in [2.05, 4.69) is 5.32 Å². The van der Waals surface area contributed by atoms with Gasteiger partial charge in [0, 0.05) is 13.1 Å². The molecule has 0 radical (unpaired) electrons. The fourth-order valence-electron chi connectivity index (χ4n) is 4.58. The first-order valence-electron chi connectivity index (χ1n) is 14.0. The number of unbranched alkanes of at least 4 members (excludes halogenated alkanes) is 1. The maximum atomic E-state index is 14.1. The van der Waals surface area contributed by atoms with Crippen LogP contribution in [0.15, 0.2) is 83.8 Å². The van der Waals surface area contributed by atoms with E-state index < -0.39 is 28.5 Å². The lowest BCUT2D eigenvalue weighted by Crippen LogP contribution is -2.52. The fourth-order valence-corrected chi connectivity index (χ4v) is 6.01. The highest BCUT2D eigenvalue weighted by Gasteiger charge is 2.33. The topological polar surface area (TPSA) is 86.8 Å². The molecule has 40 heavy (non-hydrogen) atoms. The molecule has 7 nitrogen and oxygen atoms in total. The third kappa shape index (κ3) is 7.94. The highest BCUT2D eigenvalue weighted by Crippen LogP contribution is 2.25. The van der Waals surface area contributed by atoms with Crippen LogP contribution in [0.2, 0.25) is 0 Å². The van der Waals surface area contributed by atoms with Crippen molar-refractivity contribution in [1.82, 2.24) is 10.2 Å². The van der Waals surface area contributed by atoms with Crippen molar-refractivity contribution in [3.05, 3.63) is 95.6 Å². The molecule has 0 fully saturated rings. The van der Waals surface area contributed by atoms with Gasteiger partial charge in [-0.1, -0.05) is 87.4 Å². The summed E-state index contributed by atoms with van der Waals surface area (Å²) in [7, 11) is -4.07. The number of sulfonamides is 1. The predicted octanol–water partition coefficient (Wildman–Crippen LogP) is 5.48. The molecule has 3 aromatic rings. The Kier molecular flexibility index (Phi) is 11.3. The molecule has 214 valence electrons. The quantitative estimate of drug-likeness (QED) is 0.263. The Bertz CT molecular complexity index is 1360. The van der Waals surface area contributed by atoms with E-state index in [1.165, 1.54) is 17.0 Å². The maximum absolute atomic E-state index is 14.1. The van der Waals surface area contributed by atoms with E-state index in [9.17, 15) is 18.0 Å². The van der Waals surface area contributed by atoms with Crippen LogP contribution in [-0.2, 0) is 32.6 Å². The number of nitrogens with zero attached hydrogens (tertiary/aromatic N) is 2. The van der Waals surface area contributed by atoms with E-state index >= 15 is 0 Å². The first kappa shape index (κ1) is 30.9. The number of carbonyl (C=O) groups excluding carboxylic acids is 2. The first-order valence-corrected chi connectivity index (χ1v) is 15.4. The number of hydrogen-bond donors (Lipinski definition) is 1. The van der Waals surface area contributed by atoms with Crippen molar-refractivity contribution in [1.29, 1.82) is 0 Å². The van der Waals surface area contributed by atoms with E-state index in [0.29, 0.717) is 18.7 Å².